The van der Waals surface area contributed by atoms with Crippen molar-refractivity contribution in [1.82, 2.24) is 9.29 Å². The van der Waals surface area contributed by atoms with Crippen LogP contribution in [-0.4, -0.2) is 38.4 Å². The number of hydrogen-bond donors (Lipinski definition) is 1. The molecule has 0 unspecified atom stereocenters. The van der Waals surface area contributed by atoms with Crippen LogP contribution in [0.3, 0.4) is 0 Å². The van der Waals surface area contributed by atoms with Crippen LogP contribution in [0.4, 0.5) is 4.39 Å². The summed E-state index contributed by atoms with van der Waals surface area (Å²) in [5, 5.41) is 0. The van der Waals surface area contributed by atoms with Gasteiger partial charge >= 0.3 is 5.97 Å². The summed E-state index contributed by atoms with van der Waals surface area (Å²) >= 11 is 0. The van der Waals surface area contributed by atoms with Crippen molar-refractivity contribution in [3.8, 4) is 0 Å². The summed E-state index contributed by atoms with van der Waals surface area (Å²) in [7, 11) is -2.66. The van der Waals surface area contributed by atoms with Gasteiger partial charge in [-0.05, 0) is 57.5 Å². The number of esters is 1. The van der Waals surface area contributed by atoms with E-state index in [1.807, 2.05) is 18.4 Å². The maximum atomic E-state index is 14.0. The number of carbonyl (C=O) groups excluding carboxylic acids is 2. The summed E-state index contributed by atoms with van der Waals surface area (Å²) in [6.07, 6.45) is 0.962. The number of aromatic nitrogens is 1. The van der Waals surface area contributed by atoms with Gasteiger partial charge in [-0.3, -0.25) is 4.79 Å². The lowest BCUT2D eigenvalue weighted by molar-refractivity contribution is 0.0469. The second kappa shape index (κ2) is 9.53. The molecule has 0 bridgehead atoms. The number of sulfonamides is 1. The molecule has 0 saturated carbocycles. The Morgan fingerprint density at radius 2 is 1.83 bits per heavy atom. The Hall–Kier alpha value is -2.52. The molecule has 7 nitrogen and oxygen atoms in total. The number of nitrogens with one attached hydrogen (secondary N) is 1. The van der Waals surface area contributed by atoms with Crippen LogP contribution in [0.15, 0.2) is 29.2 Å². The summed E-state index contributed by atoms with van der Waals surface area (Å²) in [5.41, 5.74) is 1.60. The third-order valence-corrected chi connectivity index (χ3v) is 6.29. The molecule has 0 fully saturated rings. The topological polar surface area (TPSA) is 94.5 Å². The molecule has 0 spiro atoms. The smallest absolute Gasteiger partial charge is 0.341 e. The van der Waals surface area contributed by atoms with Gasteiger partial charge in [0.2, 0.25) is 15.8 Å². The Balaban J connectivity index is 2.15. The zero-order valence-corrected chi connectivity index (χ0v) is 18.6. The predicted molar refractivity (Wildman–Crippen MR) is 111 cm³/mol. The van der Waals surface area contributed by atoms with Gasteiger partial charge in [-0.25, -0.2) is 22.3 Å². The maximum Gasteiger partial charge on any atom is 0.341 e. The van der Waals surface area contributed by atoms with Crippen molar-refractivity contribution in [3.05, 3.63) is 52.6 Å². The lowest BCUT2D eigenvalue weighted by Gasteiger charge is -2.11. The second-order valence-electron chi connectivity index (χ2n) is 7.47. The molecular weight excluding hydrogens is 411 g/mol. The van der Waals surface area contributed by atoms with Crippen molar-refractivity contribution in [3.63, 3.8) is 0 Å². The third kappa shape index (κ3) is 5.34. The molecule has 30 heavy (non-hydrogen) atoms. The van der Waals surface area contributed by atoms with E-state index >= 15 is 0 Å². The van der Waals surface area contributed by atoms with E-state index in [0.717, 1.165) is 42.6 Å². The molecular formula is C21H27FN2O5S. The number of rotatable bonds is 9. The number of nitrogens with zero attached hydrogens (tertiary/aromatic N) is 1. The van der Waals surface area contributed by atoms with E-state index in [1.165, 1.54) is 7.05 Å². The lowest BCUT2D eigenvalue weighted by atomic mass is 10.1. The zero-order valence-electron chi connectivity index (χ0n) is 17.8. The number of Topliss-reactive ketones (excluding diaryl/α,β-unsaturated/α-hetero) is 1. The molecule has 1 aromatic heterocycles. The van der Waals surface area contributed by atoms with Gasteiger partial charge in [0.1, 0.15) is 5.82 Å². The minimum atomic E-state index is -3.86. The second-order valence-corrected chi connectivity index (χ2v) is 9.35. The minimum Gasteiger partial charge on any atom is -0.454 e. The Bertz CT molecular complexity index is 1060. The van der Waals surface area contributed by atoms with E-state index in [2.05, 4.69) is 18.6 Å². The van der Waals surface area contributed by atoms with Crippen molar-refractivity contribution in [2.24, 2.45) is 5.92 Å². The van der Waals surface area contributed by atoms with Gasteiger partial charge in [0.15, 0.2) is 6.61 Å². The molecule has 2 aromatic rings. The molecule has 1 heterocycles. The largest absolute Gasteiger partial charge is 0.454 e. The summed E-state index contributed by atoms with van der Waals surface area (Å²) in [4.78, 5) is 24.6. The van der Waals surface area contributed by atoms with Crippen LogP contribution in [-0.2, 0) is 21.3 Å². The molecule has 0 radical (unpaired) electrons. The van der Waals surface area contributed by atoms with E-state index < -0.39 is 39.8 Å². The van der Waals surface area contributed by atoms with Crippen LogP contribution in [0.1, 0.15) is 52.4 Å². The first-order chi connectivity index (χ1) is 14.0. The average molecular weight is 439 g/mol. The Kier molecular flexibility index (Phi) is 7.54. The van der Waals surface area contributed by atoms with Gasteiger partial charge in [-0.1, -0.05) is 13.8 Å². The normalized spacial score (nSPS) is 11.7. The van der Waals surface area contributed by atoms with Crippen molar-refractivity contribution >= 4 is 21.8 Å². The summed E-state index contributed by atoms with van der Waals surface area (Å²) in [6.45, 7) is 8.18. The highest BCUT2D eigenvalue weighted by Crippen LogP contribution is 2.19. The average Bonchev–Trinajstić information content (AvgIpc) is 2.98. The van der Waals surface area contributed by atoms with Crippen LogP contribution in [0.25, 0.3) is 0 Å². The fourth-order valence-electron chi connectivity index (χ4n) is 3.05. The molecule has 0 atom stereocenters. The van der Waals surface area contributed by atoms with Gasteiger partial charge < -0.3 is 9.30 Å². The number of carbonyl (C=O) groups is 2. The van der Waals surface area contributed by atoms with Gasteiger partial charge in [0.05, 0.1) is 10.5 Å². The van der Waals surface area contributed by atoms with Gasteiger partial charge in [-0.2, -0.15) is 0 Å². The summed E-state index contributed by atoms with van der Waals surface area (Å²) in [6, 6.07) is 4.53. The molecule has 0 aliphatic carbocycles. The van der Waals surface area contributed by atoms with Gasteiger partial charge in [-0.15, -0.1) is 0 Å². The number of hydrogen-bond acceptors (Lipinski definition) is 5. The van der Waals surface area contributed by atoms with E-state index in [-0.39, 0.29) is 4.90 Å². The van der Waals surface area contributed by atoms with Crippen molar-refractivity contribution in [1.29, 1.82) is 0 Å². The van der Waals surface area contributed by atoms with Crippen LogP contribution in [0.2, 0.25) is 0 Å². The molecule has 0 saturated heterocycles. The van der Waals surface area contributed by atoms with Crippen molar-refractivity contribution in [2.75, 3.05) is 13.7 Å². The highest BCUT2D eigenvalue weighted by atomic mass is 32.2. The quantitative estimate of drug-likeness (QED) is 0.479. The van der Waals surface area contributed by atoms with Gasteiger partial charge in [0, 0.05) is 23.5 Å². The SMILES string of the molecule is CNS(=O)(=O)c1ccc(F)c(C(=O)OCC(=O)c2cc(C)n(CCC(C)C)c2C)c1. The highest BCUT2D eigenvalue weighted by Gasteiger charge is 2.22. The molecule has 2 rings (SSSR count). The van der Waals surface area contributed by atoms with Crippen molar-refractivity contribution < 1.29 is 27.1 Å². The van der Waals surface area contributed by atoms with E-state index in [4.69, 9.17) is 4.74 Å². The molecule has 0 aliphatic heterocycles. The lowest BCUT2D eigenvalue weighted by Crippen LogP contribution is -2.20. The first-order valence-electron chi connectivity index (χ1n) is 9.58. The van der Waals surface area contributed by atoms with E-state index in [9.17, 15) is 22.4 Å². The fraction of sp³-hybridized carbons (Fsp3) is 0.429. The van der Waals surface area contributed by atoms with Crippen LogP contribution in [0, 0.1) is 25.6 Å². The highest BCUT2D eigenvalue weighted by molar-refractivity contribution is 7.89. The maximum absolute atomic E-state index is 14.0. The van der Waals surface area contributed by atoms with Crippen LogP contribution < -0.4 is 4.72 Å². The fourth-order valence-corrected chi connectivity index (χ4v) is 3.80. The molecule has 0 aliphatic rings. The molecule has 1 aromatic carbocycles. The standard InChI is InChI=1S/C21H27FN2O5S/c1-13(2)8-9-24-14(3)10-17(15(24)4)20(25)12-29-21(26)18-11-16(6-7-19(18)22)30(27,28)23-5/h6-7,10-11,13,23H,8-9,12H2,1-5H3. The summed E-state index contributed by atoms with van der Waals surface area (Å²) in [5.74, 6) is -1.94. The zero-order chi connectivity index (χ0) is 22.6. The number of ether oxygens (including phenoxy) is 1. The first-order valence-corrected chi connectivity index (χ1v) is 11.1. The Labute approximate surface area is 176 Å². The monoisotopic (exact) mass is 438 g/mol. The van der Waals surface area contributed by atoms with Crippen molar-refractivity contribution in [2.45, 2.75) is 45.6 Å². The van der Waals surface area contributed by atoms with Crippen LogP contribution in [0.5, 0.6) is 0 Å². The molecule has 164 valence electrons. The molecule has 1 N–H and O–H groups in total. The minimum absolute atomic E-state index is 0.279. The van der Waals surface area contributed by atoms with E-state index in [0.29, 0.717) is 11.5 Å². The number of ketones is 1. The number of aryl methyl sites for hydroxylation is 1. The Morgan fingerprint density at radius 3 is 2.43 bits per heavy atom. The molecule has 0 amide bonds. The first kappa shape index (κ1) is 23.8. The third-order valence-electron chi connectivity index (χ3n) is 4.88. The predicted octanol–water partition coefficient (Wildman–Crippen LogP) is 3.24. The van der Waals surface area contributed by atoms with Gasteiger partial charge in [0.25, 0.3) is 0 Å². The number of benzene rings is 1. The summed E-state index contributed by atoms with van der Waals surface area (Å²) < 4.78 is 46.9. The van der Waals surface area contributed by atoms with Crippen LogP contribution >= 0.6 is 0 Å². The Morgan fingerprint density at radius 1 is 1.17 bits per heavy atom. The number of halogens is 1. The molecule has 9 heteroatoms. The van der Waals surface area contributed by atoms with E-state index in [1.54, 1.807) is 6.07 Å².